The first kappa shape index (κ1) is 15.5. The molecule has 0 spiro atoms. The molecule has 0 radical (unpaired) electrons. The number of hydrazone groups is 1. The van der Waals surface area contributed by atoms with Crippen molar-refractivity contribution >= 4 is 11.7 Å². The quantitative estimate of drug-likeness (QED) is 0.445. The molecule has 1 aliphatic carbocycles. The van der Waals surface area contributed by atoms with Crippen molar-refractivity contribution in [2.24, 2.45) is 16.8 Å². The van der Waals surface area contributed by atoms with Gasteiger partial charge >= 0.3 is 6.03 Å². The molecule has 0 fully saturated rings. The van der Waals surface area contributed by atoms with Gasteiger partial charge in [-0.05, 0) is 52.9 Å². The molecule has 3 N–H and O–H groups in total. The van der Waals surface area contributed by atoms with Crippen LogP contribution in [0.2, 0.25) is 0 Å². The predicted molar refractivity (Wildman–Crippen MR) is 79.9 cm³/mol. The lowest BCUT2D eigenvalue weighted by molar-refractivity contribution is 0.249. The van der Waals surface area contributed by atoms with Crippen LogP contribution in [0.4, 0.5) is 4.79 Å². The van der Waals surface area contributed by atoms with Gasteiger partial charge in [0, 0.05) is 11.6 Å². The van der Waals surface area contributed by atoms with Crippen LogP contribution in [0.25, 0.3) is 0 Å². The van der Waals surface area contributed by atoms with E-state index in [2.05, 4.69) is 36.5 Å². The van der Waals surface area contributed by atoms with Crippen LogP contribution in [0.1, 0.15) is 52.9 Å². The van der Waals surface area contributed by atoms with Gasteiger partial charge in [-0.2, -0.15) is 5.10 Å². The summed E-state index contributed by atoms with van der Waals surface area (Å²) in [6, 6.07) is -0.604. The highest BCUT2D eigenvalue weighted by Gasteiger charge is 2.16. The molecule has 1 aliphatic rings. The van der Waals surface area contributed by atoms with Gasteiger partial charge in [-0.1, -0.05) is 23.3 Å². The molecule has 1 rings (SSSR count). The van der Waals surface area contributed by atoms with Gasteiger partial charge in [-0.15, -0.1) is 0 Å². The Balaban J connectivity index is 2.42. The Morgan fingerprint density at radius 1 is 1.53 bits per heavy atom. The van der Waals surface area contributed by atoms with Crippen molar-refractivity contribution in [1.82, 2.24) is 5.43 Å². The molecule has 0 aromatic rings. The molecule has 0 bridgehead atoms. The van der Waals surface area contributed by atoms with Gasteiger partial charge in [0.25, 0.3) is 0 Å². The summed E-state index contributed by atoms with van der Waals surface area (Å²) in [7, 11) is 0. The highest BCUT2D eigenvalue weighted by atomic mass is 16.2. The summed E-state index contributed by atoms with van der Waals surface area (Å²) < 4.78 is 0. The second kappa shape index (κ2) is 7.77. The van der Waals surface area contributed by atoms with Crippen molar-refractivity contribution in [2.45, 2.75) is 52.9 Å². The predicted octanol–water partition coefficient (Wildman–Crippen LogP) is 3.50. The van der Waals surface area contributed by atoms with E-state index in [1.54, 1.807) is 5.57 Å². The van der Waals surface area contributed by atoms with E-state index in [1.165, 1.54) is 5.57 Å². The third kappa shape index (κ3) is 6.22. The molecule has 0 saturated heterocycles. The van der Waals surface area contributed by atoms with Crippen molar-refractivity contribution in [2.75, 3.05) is 0 Å². The zero-order chi connectivity index (χ0) is 14.3. The van der Waals surface area contributed by atoms with Crippen molar-refractivity contribution in [1.29, 1.82) is 0 Å². The molecular formula is C15H25N3O. The van der Waals surface area contributed by atoms with Crippen LogP contribution in [-0.2, 0) is 0 Å². The number of primary amides is 1. The van der Waals surface area contributed by atoms with Crippen LogP contribution in [0, 0.1) is 5.92 Å². The fourth-order valence-corrected chi connectivity index (χ4v) is 2.28. The number of hydrogen-bond acceptors (Lipinski definition) is 2. The van der Waals surface area contributed by atoms with E-state index >= 15 is 0 Å². The Kier molecular flexibility index (Phi) is 6.33. The van der Waals surface area contributed by atoms with E-state index in [4.69, 9.17) is 5.73 Å². The normalized spacial score (nSPS) is 19.6. The summed E-state index contributed by atoms with van der Waals surface area (Å²) in [5.74, 6) is 0.430. The van der Waals surface area contributed by atoms with E-state index in [1.807, 2.05) is 6.92 Å². The summed E-state index contributed by atoms with van der Waals surface area (Å²) >= 11 is 0. The molecule has 0 unspecified atom stereocenters. The Morgan fingerprint density at radius 2 is 2.26 bits per heavy atom. The average molecular weight is 263 g/mol. The van der Waals surface area contributed by atoms with E-state index in [9.17, 15) is 4.79 Å². The zero-order valence-electron chi connectivity index (χ0n) is 12.2. The summed E-state index contributed by atoms with van der Waals surface area (Å²) in [5, 5.41) is 4.01. The summed E-state index contributed by atoms with van der Waals surface area (Å²) in [6.07, 6.45) is 10.2. The number of hydrogen-bond donors (Lipinski definition) is 2. The Bertz CT molecular complexity index is 404. The van der Waals surface area contributed by atoms with Crippen LogP contribution >= 0.6 is 0 Å². The van der Waals surface area contributed by atoms with E-state index < -0.39 is 6.03 Å². The molecule has 19 heavy (non-hydrogen) atoms. The smallest absolute Gasteiger partial charge is 0.332 e. The number of carbonyl (C=O) groups is 1. The number of nitrogens with two attached hydrogens (primary N) is 1. The molecule has 2 amide bonds. The largest absolute Gasteiger partial charge is 0.350 e. The monoisotopic (exact) mass is 263 g/mol. The molecule has 0 aromatic heterocycles. The number of rotatable bonds is 5. The summed E-state index contributed by atoms with van der Waals surface area (Å²) in [5.41, 5.74) is 11.2. The number of carbonyl (C=O) groups excluding carboxylic acids is 1. The first-order valence-electron chi connectivity index (χ1n) is 6.90. The Labute approximate surface area is 115 Å². The van der Waals surface area contributed by atoms with Gasteiger partial charge in [0.15, 0.2) is 0 Å². The first-order valence-corrected chi connectivity index (χ1v) is 6.90. The van der Waals surface area contributed by atoms with Crippen LogP contribution in [0.3, 0.4) is 0 Å². The van der Waals surface area contributed by atoms with Gasteiger partial charge in [-0.3, -0.25) is 0 Å². The van der Waals surface area contributed by atoms with Crippen molar-refractivity contribution in [3.05, 3.63) is 23.3 Å². The van der Waals surface area contributed by atoms with E-state index in [0.29, 0.717) is 5.92 Å². The number of nitrogens with one attached hydrogen (secondary N) is 1. The Hall–Kier alpha value is -1.58. The maximum absolute atomic E-state index is 10.6. The van der Waals surface area contributed by atoms with Crippen LogP contribution < -0.4 is 11.2 Å². The SMILES string of the molecule is CC(C)=CCCC1=CC[C@@H](/C(C)=N\NC(N)=O)CC1. The third-order valence-corrected chi connectivity index (χ3v) is 3.46. The molecule has 0 aromatic carbocycles. The molecule has 4 heteroatoms. The minimum absolute atomic E-state index is 0.430. The van der Waals surface area contributed by atoms with Crippen molar-refractivity contribution < 1.29 is 4.79 Å². The highest BCUT2D eigenvalue weighted by molar-refractivity contribution is 5.86. The maximum Gasteiger partial charge on any atom is 0.332 e. The van der Waals surface area contributed by atoms with E-state index in [-0.39, 0.29) is 0 Å². The minimum Gasteiger partial charge on any atom is -0.350 e. The zero-order valence-corrected chi connectivity index (χ0v) is 12.2. The van der Waals surface area contributed by atoms with Crippen LogP contribution in [0.15, 0.2) is 28.4 Å². The molecule has 106 valence electrons. The van der Waals surface area contributed by atoms with Crippen molar-refractivity contribution in [3.8, 4) is 0 Å². The Morgan fingerprint density at radius 3 is 2.79 bits per heavy atom. The summed E-state index contributed by atoms with van der Waals surface area (Å²) in [6.45, 7) is 6.22. The van der Waals surface area contributed by atoms with Crippen LogP contribution in [0.5, 0.6) is 0 Å². The molecule has 1 atom stereocenters. The second-order valence-electron chi connectivity index (χ2n) is 5.38. The fraction of sp³-hybridized carbons (Fsp3) is 0.600. The molecule has 4 nitrogen and oxygen atoms in total. The standard InChI is InChI=1S/C15H25N3O/c1-11(2)5-4-6-13-7-9-14(10-8-13)12(3)17-18-15(16)19/h5,7,14H,4,6,8-10H2,1-3H3,(H3,16,18,19)/b17-12-/t14-/m1/s1. The maximum atomic E-state index is 10.6. The third-order valence-electron chi connectivity index (χ3n) is 3.46. The number of allylic oxidation sites excluding steroid dienone is 4. The topological polar surface area (TPSA) is 67.5 Å². The average Bonchev–Trinajstić information content (AvgIpc) is 2.36. The second-order valence-corrected chi connectivity index (χ2v) is 5.38. The lowest BCUT2D eigenvalue weighted by atomic mass is 9.85. The molecule has 0 aliphatic heterocycles. The number of amides is 2. The molecular weight excluding hydrogens is 238 g/mol. The minimum atomic E-state index is -0.604. The lowest BCUT2D eigenvalue weighted by Gasteiger charge is -2.21. The molecule has 0 saturated carbocycles. The highest BCUT2D eigenvalue weighted by Crippen LogP contribution is 2.27. The molecule has 0 heterocycles. The number of urea groups is 1. The van der Waals surface area contributed by atoms with Crippen LogP contribution in [-0.4, -0.2) is 11.7 Å². The van der Waals surface area contributed by atoms with E-state index in [0.717, 1.165) is 37.8 Å². The van der Waals surface area contributed by atoms with Gasteiger partial charge in [-0.25, -0.2) is 10.2 Å². The lowest BCUT2D eigenvalue weighted by Crippen LogP contribution is -2.27. The summed E-state index contributed by atoms with van der Waals surface area (Å²) in [4.78, 5) is 10.6. The van der Waals surface area contributed by atoms with Gasteiger partial charge in [0.05, 0.1) is 0 Å². The van der Waals surface area contributed by atoms with Gasteiger partial charge < -0.3 is 5.73 Å². The van der Waals surface area contributed by atoms with Crippen molar-refractivity contribution in [3.63, 3.8) is 0 Å². The fourth-order valence-electron chi connectivity index (χ4n) is 2.28. The first-order chi connectivity index (χ1) is 8.99. The number of nitrogens with zero attached hydrogens (tertiary/aromatic N) is 1. The van der Waals surface area contributed by atoms with Gasteiger partial charge in [0.1, 0.15) is 0 Å². The van der Waals surface area contributed by atoms with Gasteiger partial charge in [0.2, 0.25) is 0 Å².